The minimum absolute atomic E-state index is 0.0167. The molecule has 0 unspecified atom stereocenters. The summed E-state index contributed by atoms with van der Waals surface area (Å²) in [5, 5.41) is 8.51. The van der Waals surface area contributed by atoms with Crippen molar-refractivity contribution in [3.05, 3.63) is 70.8 Å². The Morgan fingerprint density at radius 2 is 1.67 bits per heavy atom. The number of anilines is 1. The van der Waals surface area contributed by atoms with Gasteiger partial charge >= 0.3 is 0 Å². The topological polar surface area (TPSA) is 81.9 Å². The molecule has 4 aromatic rings. The highest BCUT2D eigenvalue weighted by Gasteiger charge is 2.15. The molecule has 190 valence electrons. The molecule has 0 bridgehead atoms. The molecule has 0 radical (unpaired) electrons. The number of fused-ring (bicyclic) bond motifs is 1. The van der Waals surface area contributed by atoms with Crippen molar-refractivity contribution in [1.29, 1.82) is 0 Å². The number of carbonyl (C=O) groups is 1. The lowest BCUT2D eigenvalue weighted by molar-refractivity contribution is -0.116. The van der Waals surface area contributed by atoms with Crippen LogP contribution < -0.4 is 5.32 Å². The predicted octanol–water partition coefficient (Wildman–Crippen LogP) is 6.84. The fraction of sp³-hybridized carbons (Fsp3) is 0.333. The van der Waals surface area contributed by atoms with Gasteiger partial charge in [-0.25, -0.2) is 4.68 Å². The quantitative estimate of drug-likeness (QED) is 0.127. The van der Waals surface area contributed by atoms with Crippen molar-refractivity contribution in [2.45, 2.75) is 52.2 Å². The van der Waals surface area contributed by atoms with Crippen LogP contribution in [-0.4, -0.2) is 40.3 Å². The van der Waals surface area contributed by atoms with Gasteiger partial charge in [0, 0.05) is 54.8 Å². The van der Waals surface area contributed by atoms with Gasteiger partial charge in [0.25, 0.3) is 0 Å². The SMILES string of the molecule is CCCC(=O)Nc1nn(COCC[Si](C)(C)C)c2cc(-c3ccncc3)ccc12.Ic1ccncc1. The summed E-state index contributed by atoms with van der Waals surface area (Å²) in [7, 11) is -1.15. The summed E-state index contributed by atoms with van der Waals surface area (Å²) < 4.78 is 9.00. The maximum absolute atomic E-state index is 12.1. The van der Waals surface area contributed by atoms with Crippen LogP contribution in [0.1, 0.15) is 19.8 Å². The van der Waals surface area contributed by atoms with Crippen molar-refractivity contribution in [2.75, 3.05) is 11.9 Å². The second-order valence-electron chi connectivity index (χ2n) is 9.63. The summed E-state index contributed by atoms with van der Waals surface area (Å²) in [5.74, 6) is 0.574. The highest BCUT2D eigenvalue weighted by molar-refractivity contribution is 14.1. The number of benzene rings is 1. The van der Waals surface area contributed by atoms with Crippen LogP contribution in [0.2, 0.25) is 25.7 Å². The van der Waals surface area contributed by atoms with Crippen molar-refractivity contribution >= 4 is 53.3 Å². The number of halogens is 1. The van der Waals surface area contributed by atoms with Crippen LogP contribution in [0, 0.1) is 3.57 Å². The molecule has 0 aliphatic rings. The fourth-order valence-electron chi connectivity index (χ4n) is 3.37. The summed E-state index contributed by atoms with van der Waals surface area (Å²) in [6.07, 6.45) is 8.41. The summed E-state index contributed by atoms with van der Waals surface area (Å²) in [5.41, 5.74) is 3.11. The molecule has 0 saturated carbocycles. The number of rotatable bonds is 9. The van der Waals surface area contributed by atoms with Gasteiger partial charge in [0.1, 0.15) is 6.73 Å². The van der Waals surface area contributed by atoms with E-state index in [1.807, 2.05) is 48.0 Å². The number of amides is 1. The molecule has 1 aromatic carbocycles. The van der Waals surface area contributed by atoms with Crippen LogP contribution in [-0.2, 0) is 16.3 Å². The Balaban J connectivity index is 0.000000444. The Kier molecular flexibility index (Phi) is 10.6. The number of hydrogen-bond acceptors (Lipinski definition) is 5. The third kappa shape index (κ3) is 8.79. The molecular formula is C27H34IN5O2Si. The first-order valence-electron chi connectivity index (χ1n) is 12.1. The van der Waals surface area contributed by atoms with E-state index in [2.05, 4.69) is 68.7 Å². The molecule has 3 heterocycles. The minimum atomic E-state index is -1.15. The molecule has 3 aromatic heterocycles. The smallest absolute Gasteiger partial charge is 0.225 e. The zero-order chi connectivity index (χ0) is 26.0. The summed E-state index contributed by atoms with van der Waals surface area (Å²) in [6.45, 7) is 10.1. The Morgan fingerprint density at radius 1 is 1.00 bits per heavy atom. The Bertz CT molecular complexity index is 1240. The first-order chi connectivity index (χ1) is 17.3. The summed E-state index contributed by atoms with van der Waals surface area (Å²) in [4.78, 5) is 20.1. The van der Waals surface area contributed by atoms with Crippen molar-refractivity contribution in [3.63, 3.8) is 0 Å². The van der Waals surface area contributed by atoms with Crippen LogP contribution in [0.25, 0.3) is 22.0 Å². The van der Waals surface area contributed by atoms with Gasteiger partial charge in [-0.1, -0.05) is 32.6 Å². The molecule has 1 N–H and O–H groups in total. The molecule has 36 heavy (non-hydrogen) atoms. The molecule has 4 rings (SSSR count). The Morgan fingerprint density at radius 3 is 2.25 bits per heavy atom. The maximum atomic E-state index is 12.1. The van der Waals surface area contributed by atoms with Gasteiger partial charge in [-0.05, 0) is 82.6 Å². The van der Waals surface area contributed by atoms with Crippen molar-refractivity contribution in [3.8, 4) is 11.1 Å². The number of hydrogen-bond donors (Lipinski definition) is 1. The molecule has 1 amide bonds. The fourth-order valence-corrected chi connectivity index (χ4v) is 4.45. The number of pyridine rings is 2. The number of nitrogens with one attached hydrogen (secondary N) is 1. The van der Waals surface area contributed by atoms with E-state index in [9.17, 15) is 4.79 Å². The molecule has 0 saturated heterocycles. The Hall–Kier alpha value is -2.63. The van der Waals surface area contributed by atoms with E-state index >= 15 is 0 Å². The lowest BCUT2D eigenvalue weighted by atomic mass is 10.1. The molecule has 7 nitrogen and oxygen atoms in total. The molecule has 0 aliphatic carbocycles. The van der Waals surface area contributed by atoms with E-state index in [1.54, 1.807) is 24.8 Å². The average Bonchev–Trinajstić information content (AvgIpc) is 3.19. The van der Waals surface area contributed by atoms with Gasteiger partial charge in [-0.3, -0.25) is 14.8 Å². The zero-order valence-electron chi connectivity index (χ0n) is 21.4. The maximum Gasteiger partial charge on any atom is 0.225 e. The van der Waals surface area contributed by atoms with Crippen molar-refractivity contribution in [2.24, 2.45) is 0 Å². The monoisotopic (exact) mass is 615 g/mol. The lowest BCUT2D eigenvalue weighted by Gasteiger charge is -2.15. The van der Waals surface area contributed by atoms with Gasteiger partial charge < -0.3 is 10.1 Å². The van der Waals surface area contributed by atoms with E-state index in [0.29, 0.717) is 19.0 Å². The molecule has 0 spiro atoms. The van der Waals surface area contributed by atoms with Gasteiger partial charge in [0.05, 0.1) is 5.52 Å². The number of aromatic nitrogens is 4. The van der Waals surface area contributed by atoms with Crippen molar-refractivity contribution < 1.29 is 9.53 Å². The second-order valence-corrected chi connectivity index (χ2v) is 16.5. The number of nitrogens with zero attached hydrogens (tertiary/aromatic N) is 4. The molecule has 0 atom stereocenters. The average molecular weight is 616 g/mol. The van der Waals surface area contributed by atoms with E-state index < -0.39 is 8.07 Å². The predicted molar refractivity (Wildman–Crippen MR) is 158 cm³/mol. The Labute approximate surface area is 227 Å². The standard InChI is InChI=1S/C22H30N4O2Si.C5H4IN/c1-5-6-21(27)24-22-19-8-7-18(17-9-11-23-12-10-17)15-20(19)26(25-22)16-28-13-14-29(2,3)4;6-5-1-3-7-4-2-5/h7-12,15H,5-6,13-14,16H2,1-4H3,(H,24,25,27);1-4H. The molecule has 0 aliphatic heterocycles. The largest absolute Gasteiger partial charge is 0.360 e. The second kappa shape index (κ2) is 13.6. The number of ether oxygens (including phenoxy) is 1. The molecule has 9 heteroatoms. The zero-order valence-corrected chi connectivity index (χ0v) is 24.5. The highest BCUT2D eigenvalue weighted by Crippen LogP contribution is 2.29. The first kappa shape index (κ1) is 27.9. The van der Waals surface area contributed by atoms with E-state index in [-0.39, 0.29) is 5.91 Å². The normalized spacial score (nSPS) is 11.1. The van der Waals surface area contributed by atoms with Crippen LogP contribution >= 0.6 is 22.6 Å². The molecule has 0 fully saturated rings. The van der Waals surface area contributed by atoms with E-state index in [1.165, 1.54) is 3.57 Å². The van der Waals surface area contributed by atoms with Crippen LogP contribution in [0.5, 0.6) is 0 Å². The first-order valence-corrected chi connectivity index (χ1v) is 16.9. The number of carbonyl (C=O) groups excluding carboxylic acids is 1. The van der Waals surface area contributed by atoms with Gasteiger partial charge in [0.2, 0.25) is 5.91 Å². The minimum Gasteiger partial charge on any atom is -0.360 e. The van der Waals surface area contributed by atoms with Gasteiger partial charge in [-0.15, -0.1) is 0 Å². The van der Waals surface area contributed by atoms with Crippen molar-refractivity contribution in [1.82, 2.24) is 19.7 Å². The van der Waals surface area contributed by atoms with E-state index in [4.69, 9.17) is 4.74 Å². The van der Waals surface area contributed by atoms with Gasteiger partial charge in [0.15, 0.2) is 5.82 Å². The highest BCUT2D eigenvalue weighted by atomic mass is 127. The molecular weight excluding hydrogens is 581 g/mol. The summed E-state index contributed by atoms with van der Waals surface area (Å²) >= 11 is 2.24. The van der Waals surface area contributed by atoms with Crippen LogP contribution in [0.15, 0.2) is 67.3 Å². The van der Waals surface area contributed by atoms with Crippen LogP contribution in [0.3, 0.4) is 0 Å². The van der Waals surface area contributed by atoms with Gasteiger partial charge in [-0.2, -0.15) is 5.10 Å². The third-order valence-corrected chi connectivity index (χ3v) is 7.77. The van der Waals surface area contributed by atoms with E-state index in [0.717, 1.165) is 41.1 Å². The summed E-state index contributed by atoms with van der Waals surface area (Å²) in [6, 6.07) is 15.1. The van der Waals surface area contributed by atoms with Crippen LogP contribution in [0.4, 0.5) is 5.82 Å². The third-order valence-electron chi connectivity index (χ3n) is 5.35. The lowest BCUT2D eigenvalue weighted by Crippen LogP contribution is -2.22.